The molecule has 0 aliphatic rings. The molecule has 0 bridgehead atoms. The van der Waals surface area contributed by atoms with Gasteiger partial charge in [0, 0.05) is 18.9 Å². The highest BCUT2D eigenvalue weighted by Crippen LogP contribution is 2.15. The first kappa shape index (κ1) is 63.5. The second kappa shape index (κ2) is 53.5. The van der Waals surface area contributed by atoms with Gasteiger partial charge in [0.15, 0.2) is 6.10 Å². The lowest BCUT2D eigenvalue weighted by atomic mass is 10.1. The van der Waals surface area contributed by atoms with E-state index in [1.807, 2.05) is 36.5 Å². The minimum absolute atomic E-state index is 0.0389. The second-order valence-electron chi connectivity index (χ2n) is 18.2. The van der Waals surface area contributed by atoms with Crippen LogP contribution in [0.15, 0.2) is 85.1 Å². The van der Waals surface area contributed by atoms with E-state index in [0.717, 1.165) is 116 Å². The first-order valence-electron chi connectivity index (χ1n) is 27.4. The van der Waals surface area contributed by atoms with Gasteiger partial charge >= 0.3 is 17.9 Å². The van der Waals surface area contributed by atoms with Crippen molar-refractivity contribution in [2.45, 2.75) is 258 Å². The molecule has 0 rings (SSSR count). The van der Waals surface area contributed by atoms with E-state index >= 15 is 0 Å². The summed E-state index contributed by atoms with van der Waals surface area (Å²) in [5, 5.41) is 8.93. The zero-order valence-corrected chi connectivity index (χ0v) is 43.2. The maximum atomic E-state index is 12.8. The number of allylic oxidation sites excluding steroid dienone is 13. The molecule has 8 heteroatoms. The Labute approximate surface area is 411 Å². The molecule has 384 valence electrons. The number of carbonyl (C=O) groups is 3. The monoisotopic (exact) mass is 937 g/mol. The fraction of sp³-hybridized carbons (Fsp3) is 0.712. The molecular weight excluding hydrogens is 837 g/mol. The Kier molecular flexibility index (Phi) is 50.7. The van der Waals surface area contributed by atoms with Crippen molar-refractivity contribution in [1.82, 2.24) is 0 Å². The van der Waals surface area contributed by atoms with Gasteiger partial charge in [-0.1, -0.05) is 222 Å². The molecule has 0 saturated heterocycles. The lowest BCUT2D eigenvalue weighted by Crippen LogP contribution is -2.30. The number of ether oxygens (including phenoxy) is 3. The van der Waals surface area contributed by atoms with E-state index in [1.54, 1.807) is 12.2 Å². The summed E-state index contributed by atoms with van der Waals surface area (Å²) >= 11 is 0. The molecular formula is C59H100O8. The van der Waals surface area contributed by atoms with E-state index < -0.39 is 12.1 Å². The molecule has 0 aromatic heterocycles. The van der Waals surface area contributed by atoms with Crippen LogP contribution in [0.5, 0.6) is 0 Å². The summed E-state index contributed by atoms with van der Waals surface area (Å²) in [6.07, 6.45) is 65.2. The summed E-state index contributed by atoms with van der Waals surface area (Å²) in [5.41, 5.74) is 0. The van der Waals surface area contributed by atoms with E-state index in [2.05, 4.69) is 56.0 Å². The van der Waals surface area contributed by atoms with Crippen molar-refractivity contribution in [3.63, 3.8) is 0 Å². The Hall–Kier alpha value is -3.49. The van der Waals surface area contributed by atoms with Crippen LogP contribution in [0.25, 0.3) is 0 Å². The normalized spacial score (nSPS) is 13.2. The van der Waals surface area contributed by atoms with Gasteiger partial charge in [-0.3, -0.25) is 14.8 Å². The fourth-order valence-corrected chi connectivity index (χ4v) is 7.60. The number of hydrogen-bond donors (Lipinski definition) is 1. The van der Waals surface area contributed by atoms with E-state index in [9.17, 15) is 14.4 Å². The highest BCUT2D eigenvalue weighted by molar-refractivity contribution is 5.82. The zero-order valence-electron chi connectivity index (χ0n) is 43.2. The highest BCUT2D eigenvalue weighted by Gasteiger charge is 2.19. The predicted molar refractivity (Wildman–Crippen MR) is 282 cm³/mol. The lowest BCUT2D eigenvalue weighted by molar-refractivity contribution is -0.281. The molecule has 2 atom stereocenters. The van der Waals surface area contributed by atoms with Crippen molar-refractivity contribution < 1.29 is 38.7 Å². The van der Waals surface area contributed by atoms with Gasteiger partial charge in [0.2, 0.25) is 0 Å². The van der Waals surface area contributed by atoms with Crippen molar-refractivity contribution in [3.8, 4) is 0 Å². The van der Waals surface area contributed by atoms with Crippen LogP contribution < -0.4 is 0 Å². The molecule has 0 aromatic carbocycles. The average molecular weight is 937 g/mol. The van der Waals surface area contributed by atoms with Gasteiger partial charge in [-0.05, 0) is 89.9 Å². The molecule has 67 heavy (non-hydrogen) atoms. The zero-order chi connectivity index (χ0) is 48.8. The van der Waals surface area contributed by atoms with Crippen LogP contribution in [0.1, 0.15) is 245 Å². The highest BCUT2D eigenvalue weighted by atomic mass is 17.1. The minimum atomic E-state index is -0.865. The van der Waals surface area contributed by atoms with E-state index in [0.29, 0.717) is 6.42 Å². The Morgan fingerprint density at radius 2 is 0.791 bits per heavy atom. The third-order valence-electron chi connectivity index (χ3n) is 11.7. The summed E-state index contributed by atoms with van der Waals surface area (Å²) in [5.74, 6) is -1.27. The standard InChI is InChI=1S/C59H100O8/c1-4-7-9-11-13-15-17-19-21-25-29-33-37-41-45-50-57(60)64-53-56(66-59(62)52-47-43-39-35-31-26-22-20-18-16-14-12-10-8-5-2)54-65-58(61)51-46-42-38-34-30-27-23-24-28-32-36-40-44-49-55(67-63)48-6-3/h19-24,27-28,30,34,38,42,46,51,55-56,63H,4-18,25-26,29,31-33,35-37,39-41,43-45,47-50,52-54H2,1-3H3/b21-19-,22-20-,27-23?,28-24?,34-30?,42-38?,51-46?. The Bertz CT molecular complexity index is 1320. The molecule has 0 radical (unpaired) electrons. The van der Waals surface area contributed by atoms with E-state index in [-0.39, 0.29) is 37.7 Å². The quantitative estimate of drug-likeness (QED) is 0.00939. The second-order valence-corrected chi connectivity index (χ2v) is 18.2. The maximum absolute atomic E-state index is 12.8. The van der Waals surface area contributed by atoms with Gasteiger partial charge in [0.05, 0.1) is 6.10 Å². The SMILES string of the molecule is CCCCCCCC/C=C\CCCCCCCC(=O)OCC(COC(=O)C=CC=CC=CC=CC=CCCCCCC(CCC)OO)OC(=O)CCCCCCC/C=C\CCCCCCCC. The van der Waals surface area contributed by atoms with E-state index in [4.69, 9.17) is 19.5 Å². The predicted octanol–water partition coefficient (Wildman–Crippen LogP) is 17.4. The van der Waals surface area contributed by atoms with Crippen molar-refractivity contribution in [3.05, 3.63) is 85.1 Å². The van der Waals surface area contributed by atoms with Crippen molar-refractivity contribution in [2.75, 3.05) is 13.2 Å². The molecule has 0 aromatic rings. The maximum Gasteiger partial charge on any atom is 0.330 e. The third kappa shape index (κ3) is 50.2. The summed E-state index contributed by atoms with van der Waals surface area (Å²) in [6, 6.07) is 0. The van der Waals surface area contributed by atoms with Crippen LogP contribution in [0, 0.1) is 0 Å². The minimum Gasteiger partial charge on any atom is -0.462 e. The fourth-order valence-electron chi connectivity index (χ4n) is 7.60. The summed E-state index contributed by atoms with van der Waals surface area (Å²) < 4.78 is 16.6. The molecule has 1 N–H and O–H groups in total. The Morgan fingerprint density at radius 3 is 1.28 bits per heavy atom. The largest absolute Gasteiger partial charge is 0.462 e. The lowest BCUT2D eigenvalue weighted by Gasteiger charge is -2.18. The van der Waals surface area contributed by atoms with Crippen LogP contribution in [0.2, 0.25) is 0 Å². The summed E-state index contributed by atoms with van der Waals surface area (Å²) in [4.78, 5) is 42.5. The van der Waals surface area contributed by atoms with Gasteiger partial charge in [0.25, 0.3) is 0 Å². The Balaban J connectivity index is 4.62. The number of unbranched alkanes of at least 4 members (excludes halogenated alkanes) is 25. The number of carbonyl (C=O) groups excluding carboxylic acids is 3. The van der Waals surface area contributed by atoms with Gasteiger partial charge < -0.3 is 14.2 Å². The third-order valence-corrected chi connectivity index (χ3v) is 11.7. The number of hydrogen-bond acceptors (Lipinski definition) is 8. The first-order chi connectivity index (χ1) is 33.0. The van der Waals surface area contributed by atoms with Crippen LogP contribution in [-0.2, 0) is 33.5 Å². The van der Waals surface area contributed by atoms with Crippen LogP contribution in [-0.4, -0.2) is 48.6 Å². The molecule has 0 spiro atoms. The van der Waals surface area contributed by atoms with Gasteiger partial charge in [-0.25, -0.2) is 9.68 Å². The molecule has 0 fully saturated rings. The van der Waals surface area contributed by atoms with Crippen LogP contribution in [0.4, 0.5) is 0 Å². The average Bonchev–Trinajstić information content (AvgIpc) is 3.33. The van der Waals surface area contributed by atoms with Crippen molar-refractivity contribution in [1.29, 1.82) is 0 Å². The summed E-state index contributed by atoms with van der Waals surface area (Å²) in [6.45, 7) is 6.27. The van der Waals surface area contributed by atoms with Crippen molar-refractivity contribution >= 4 is 17.9 Å². The van der Waals surface area contributed by atoms with Gasteiger partial charge in [-0.2, -0.15) is 0 Å². The molecule has 2 unspecified atom stereocenters. The molecule has 0 saturated carbocycles. The molecule has 8 nitrogen and oxygen atoms in total. The molecule has 0 aliphatic carbocycles. The Morgan fingerprint density at radius 1 is 0.388 bits per heavy atom. The number of esters is 3. The summed E-state index contributed by atoms with van der Waals surface area (Å²) in [7, 11) is 0. The smallest absolute Gasteiger partial charge is 0.330 e. The molecule has 0 aliphatic heterocycles. The molecule has 0 amide bonds. The van der Waals surface area contributed by atoms with E-state index in [1.165, 1.54) is 102 Å². The topological polar surface area (TPSA) is 108 Å². The first-order valence-corrected chi connectivity index (χ1v) is 27.4. The molecule has 0 heterocycles. The van der Waals surface area contributed by atoms with Crippen molar-refractivity contribution in [2.24, 2.45) is 0 Å². The van der Waals surface area contributed by atoms with Gasteiger partial charge in [0.1, 0.15) is 13.2 Å². The van der Waals surface area contributed by atoms with Crippen LogP contribution >= 0.6 is 0 Å². The number of rotatable bonds is 49. The van der Waals surface area contributed by atoms with Gasteiger partial charge in [-0.15, -0.1) is 0 Å². The van der Waals surface area contributed by atoms with Crippen LogP contribution in [0.3, 0.4) is 0 Å².